The number of carbonyl (C=O) groups is 1. The van der Waals surface area contributed by atoms with Gasteiger partial charge in [-0.1, -0.05) is 35.9 Å². The van der Waals surface area contributed by atoms with Gasteiger partial charge in [-0.25, -0.2) is 9.97 Å². The van der Waals surface area contributed by atoms with Crippen molar-refractivity contribution in [3.63, 3.8) is 0 Å². The first kappa shape index (κ1) is 18.8. The predicted molar refractivity (Wildman–Crippen MR) is 112 cm³/mol. The number of hydrogen-bond acceptors (Lipinski definition) is 5. The van der Waals surface area contributed by atoms with E-state index in [0.717, 1.165) is 16.6 Å². The topological polar surface area (TPSA) is 117 Å². The number of para-hydroxylation sites is 2. The monoisotopic (exact) mass is 407 g/mol. The fraction of sp³-hybridized carbons (Fsp3) is 0.0952. The van der Waals surface area contributed by atoms with Crippen LogP contribution in [0.25, 0.3) is 11.0 Å². The molecular formula is C21H18ClN5O2. The number of nitrogens with zero attached hydrogens (tertiary/aromatic N) is 2. The first-order valence-corrected chi connectivity index (χ1v) is 9.32. The first-order chi connectivity index (χ1) is 14.0. The normalized spacial score (nSPS) is 12.0. The SMILES string of the molecule is Nc1cc(C(=O)NC(Cc2ccc(O)cc2)c2nc3ccccc3[nH]2)cc(Cl)n1. The Morgan fingerprint density at radius 1 is 1.14 bits per heavy atom. The number of nitrogen functional groups attached to an aromatic ring is 1. The molecule has 1 amide bonds. The fourth-order valence-corrected chi connectivity index (χ4v) is 3.33. The number of aromatic nitrogens is 3. The molecule has 146 valence electrons. The van der Waals surface area contributed by atoms with E-state index < -0.39 is 6.04 Å². The number of phenolic OH excluding ortho intramolecular Hbond substituents is 1. The van der Waals surface area contributed by atoms with E-state index in [4.69, 9.17) is 17.3 Å². The summed E-state index contributed by atoms with van der Waals surface area (Å²) in [7, 11) is 0. The molecule has 0 aliphatic heterocycles. The highest BCUT2D eigenvalue weighted by Gasteiger charge is 2.20. The van der Waals surface area contributed by atoms with Crippen LogP contribution in [0, 0.1) is 0 Å². The average Bonchev–Trinajstić information content (AvgIpc) is 3.12. The lowest BCUT2D eigenvalue weighted by Gasteiger charge is -2.17. The van der Waals surface area contributed by atoms with E-state index in [1.54, 1.807) is 24.3 Å². The number of nitrogens with two attached hydrogens (primary N) is 1. The van der Waals surface area contributed by atoms with Gasteiger partial charge < -0.3 is 21.1 Å². The van der Waals surface area contributed by atoms with Crippen molar-refractivity contribution in [2.24, 2.45) is 0 Å². The minimum Gasteiger partial charge on any atom is -0.508 e. The zero-order valence-corrected chi connectivity index (χ0v) is 16.0. The summed E-state index contributed by atoms with van der Waals surface area (Å²) in [6, 6.07) is 17.0. The van der Waals surface area contributed by atoms with Crippen LogP contribution in [-0.2, 0) is 6.42 Å². The summed E-state index contributed by atoms with van der Waals surface area (Å²) < 4.78 is 0. The number of hydrogen-bond donors (Lipinski definition) is 4. The van der Waals surface area contributed by atoms with Crippen molar-refractivity contribution < 1.29 is 9.90 Å². The zero-order chi connectivity index (χ0) is 20.4. The maximum Gasteiger partial charge on any atom is 0.252 e. The molecule has 8 heteroatoms. The summed E-state index contributed by atoms with van der Waals surface area (Å²) in [6.07, 6.45) is 0.472. The second-order valence-electron chi connectivity index (χ2n) is 6.64. The molecule has 7 nitrogen and oxygen atoms in total. The number of amides is 1. The molecule has 0 saturated carbocycles. The summed E-state index contributed by atoms with van der Waals surface area (Å²) in [4.78, 5) is 24.6. The van der Waals surface area contributed by atoms with E-state index in [1.165, 1.54) is 12.1 Å². The number of phenols is 1. The van der Waals surface area contributed by atoms with Gasteiger partial charge in [-0.05, 0) is 48.4 Å². The standard InChI is InChI=1S/C21H18ClN5O2/c22-18-10-13(11-19(23)27-18)21(29)26-17(9-12-5-7-14(28)8-6-12)20-24-15-3-1-2-4-16(15)25-20/h1-8,10-11,17,28H,9H2,(H2,23,27)(H,24,25)(H,26,29). The summed E-state index contributed by atoms with van der Waals surface area (Å²) >= 11 is 5.93. The largest absolute Gasteiger partial charge is 0.508 e. The van der Waals surface area contributed by atoms with Crippen molar-refractivity contribution in [3.05, 3.63) is 82.8 Å². The van der Waals surface area contributed by atoms with Crippen LogP contribution < -0.4 is 11.1 Å². The third-order valence-corrected chi connectivity index (χ3v) is 4.69. The lowest BCUT2D eigenvalue weighted by molar-refractivity contribution is 0.0935. The molecule has 4 aromatic rings. The second kappa shape index (κ2) is 7.81. The van der Waals surface area contributed by atoms with Crippen LogP contribution in [0.2, 0.25) is 5.15 Å². The van der Waals surface area contributed by atoms with Crippen LogP contribution in [0.4, 0.5) is 5.82 Å². The number of aromatic amines is 1. The number of imidazole rings is 1. The highest BCUT2D eigenvalue weighted by Crippen LogP contribution is 2.22. The Labute approximate surface area is 171 Å². The molecule has 5 N–H and O–H groups in total. The van der Waals surface area contributed by atoms with E-state index >= 15 is 0 Å². The Kier molecular flexibility index (Phi) is 5.05. The van der Waals surface area contributed by atoms with Crippen LogP contribution >= 0.6 is 11.6 Å². The molecule has 0 fully saturated rings. The van der Waals surface area contributed by atoms with Crippen molar-refractivity contribution in [1.29, 1.82) is 0 Å². The lowest BCUT2D eigenvalue weighted by atomic mass is 10.0. The van der Waals surface area contributed by atoms with Gasteiger partial charge >= 0.3 is 0 Å². The Balaban J connectivity index is 1.66. The van der Waals surface area contributed by atoms with Crippen LogP contribution in [0.5, 0.6) is 5.75 Å². The molecule has 0 spiro atoms. The van der Waals surface area contributed by atoms with E-state index in [-0.39, 0.29) is 22.6 Å². The van der Waals surface area contributed by atoms with Crippen molar-refractivity contribution in [3.8, 4) is 5.75 Å². The third-order valence-electron chi connectivity index (χ3n) is 4.50. The Morgan fingerprint density at radius 3 is 2.62 bits per heavy atom. The fourth-order valence-electron chi connectivity index (χ4n) is 3.11. The number of benzene rings is 2. The minimum atomic E-state index is -0.437. The molecule has 0 aliphatic carbocycles. The van der Waals surface area contributed by atoms with Gasteiger partial charge in [-0.2, -0.15) is 0 Å². The van der Waals surface area contributed by atoms with E-state index in [2.05, 4.69) is 20.3 Å². The van der Waals surface area contributed by atoms with Crippen LogP contribution in [0.15, 0.2) is 60.7 Å². The number of rotatable bonds is 5. The summed E-state index contributed by atoms with van der Waals surface area (Å²) in [5, 5.41) is 12.7. The summed E-state index contributed by atoms with van der Waals surface area (Å²) in [5.74, 6) is 0.632. The van der Waals surface area contributed by atoms with Gasteiger partial charge in [0.2, 0.25) is 0 Å². The second-order valence-corrected chi connectivity index (χ2v) is 7.03. The molecule has 0 bridgehead atoms. The number of carbonyl (C=O) groups excluding carboxylic acids is 1. The molecule has 1 unspecified atom stereocenters. The smallest absolute Gasteiger partial charge is 0.252 e. The van der Waals surface area contributed by atoms with Crippen molar-refractivity contribution >= 4 is 34.4 Å². The molecule has 29 heavy (non-hydrogen) atoms. The number of anilines is 1. The van der Waals surface area contributed by atoms with Gasteiger partial charge in [-0.15, -0.1) is 0 Å². The van der Waals surface area contributed by atoms with Crippen LogP contribution in [0.1, 0.15) is 27.8 Å². The van der Waals surface area contributed by atoms with Gasteiger partial charge in [0.15, 0.2) is 0 Å². The van der Waals surface area contributed by atoms with Crippen LogP contribution in [-0.4, -0.2) is 26.0 Å². The maximum absolute atomic E-state index is 12.9. The zero-order valence-electron chi connectivity index (χ0n) is 15.3. The van der Waals surface area contributed by atoms with Crippen LogP contribution in [0.3, 0.4) is 0 Å². The maximum atomic E-state index is 12.9. The van der Waals surface area contributed by atoms with Gasteiger partial charge in [0.25, 0.3) is 5.91 Å². The molecule has 1 atom stereocenters. The Bertz CT molecular complexity index is 1120. The van der Waals surface area contributed by atoms with Gasteiger partial charge in [-0.3, -0.25) is 4.79 Å². The van der Waals surface area contributed by atoms with Crippen molar-refractivity contribution in [1.82, 2.24) is 20.3 Å². The summed E-state index contributed by atoms with van der Waals surface area (Å²) in [6.45, 7) is 0. The molecule has 2 heterocycles. The number of fused-ring (bicyclic) bond motifs is 1. The molecule has 4 rings (SSSR count). The Morgan fingerprint density at radius 2 is 1.90 bits per heavy atom. The number of H-pyrrole nitrogens is 1. The van der Waals surface area contributed by atoms with E-state index in [9.17, 15) is 9.90 Å². The lowest BCUT2D eigenvalue weighted by Crippen LogP contribution is -2.31. The average molecular weight is 408 g/mol. The number of pyridine rings is 1. The molecule has 2 aromatic carbocycles. The van der Waals surface area contributed by atoms with E-state index in [1.807, 2.05) is 24.3 Å². The molecule has 0 aliphatic rings. The molecule has 0 radical (unpaired) electrons. The van der Waals surface area contributed by atoms with Gasteiger partial charge in [0, 0.05) is 5.56 Å². The third kappa shape index (κ3) is 4.30. The highest BCUT2D eigenvalue weighted by atomic mass is 35.5. The minimum absolute atomic E-state index is 0.147. The van der Waals surface area contributed by atoms with Crippen molar-refractivity contribution in [2.45, 2.75) is 12.5 Å². The van der Waals surface area contributed by atoms with Crippen molar-refractivity contribution in [2.75, 3.05) is 5.73 Å². The van der Waals surface area contributed by atoms with Gasteiger partial charge in [0.1, 0.15) is 22.5 Å². The molecular weight excluding hydrogens is 390 g/mol. The van der Waals surface area contributed by atoms with E-state index in [0.29, 0.717) is 17.8 Å². The Hall–Kier alpha value is -3.58. The predicted octanol–water partition coefficient (Wildman–Crippen LogP) is 3.61. The number of aromatic hydroxyl groups is 1. The first-order valence-electron chi connectivity index (χ1n) is 8.94. The summed E-state index contributed by atoms with van der Waals surface area (Å²) in [5.41, 5.74) is 8.64. The molecule has 0 saturated heterocycles. The highest BCUT2D eigenvalue weighted by molar-refractivity contribution is 6.29. The number of halogens is 1. The molecule has 2 aromatic heterocycles. The number of nitrogens with one attached hydrogen (secondary N) is 2. The quantitative estimate of drug-likeness (QED) is 0.377. The van der Waals surface area contributed by atoms with Gasteiger partial charge in [0.05, 0.1) is 17.1 Å².